The maximum absolute atomic E-state index is 5.50. The molecule has 1 aliphatic rings. The predicted molar refractivity (Wildman–Crippen MR) is 77.3 cm³/mol. The van der Waals surface area contributed by atoms with E-state index in [2.05, 4.69) is 38.6 Å². The Kier molecular flexibility index (Phi) is 3.96. The van der Waals surface area contributed by atoms with E-state index in [0.29, 0.717) is 12.0 Å². The van der Waals surface area contributed by atoms with Crippen molar-refractivity contribution >= 4 is 11.3 Å². The van der Waals surface area contributed by atoms with E-state index in [1.165, 1.54) is 4.88 Å². The second-order valence-electron chi connectivity index (χ2n) is 4.90. The van der Waals surface area contributed by atoms with Crippen LogP contribution in [-0.2, 0) is 11.3 Å². The fourth-order valence-electron chi connectivity index (χ4n) is 2.65. The van der Waals surface area contributed by atoms with E-state index in [9.17, 15) is 0 Å². The number of rotatable bonds is 5. The van der Waals surface area contributed by atoms with Gasteiger partial charge in [0.05, 0.1) is 11.5 Å². The second-order valence-corrected chi connectivity index (χ2v) is 5.85. The molecule has 0 aromatic carbocycles. The zero-order chi connectivity index (χ0) is 13.1. The molecule has 0 radical (unpaired) electrons. The minimum atomic E-state index is 0.440. The van der Waals surface area contributed by atoms with Crippen LogP contribution in [0.1, 0.15) is 6.42 Å². The third-order valence-corrected chi connectivity index (χ3v) is 4.62. The average Bonchev–Trinajstić information content (AvgIpc) is 3.15. The fourth-order valence-corrected chi connectivity index (χ4v) is 3.38. The Balaban J connectivity index is 1.77. The number of thiophene rings is 1. The molecule has 1 N–H and O–H groups in total. The first kappa shape index (κ1) is 12.8. The molecule has 2 unspecified atom stereocenters. The molecule has 0 aliphatic carbocycles. The lowest BCUT2D eigenvalue weighted by molar-refractivity contribution is 0.175. The van der Waals surface area contributed by atoms with Crippen LogP contribution in [-0.4, -0.2) is 35.9 Å². The average molecular weight is 277 g/mol. The Morgan fingerprint density at radius 2 is 2.58 bits per heavy atom. The highest BCUT2D eigenvalue weighted by Crippen LogP contribution is 2.24. The van der Waals surface area contributed by atoms with Crippen molar-refractivity contribution < 1.29 is 4.74 Å². The van der Waals surface area contributed by atoms with Gasteiger partial charge < -0.3 is 14.6 Å². The molecule has 3 heterocycles. The first-order valence-electron chi connectivity index (χ1n) is 6.68. The molecule has 0 spiro atoms. The summed E-state index contributed by atoms with van der Waals surface area (Å²) in [6, 6.07) is 4.63. The van der Waals surface area contributed by atoms with Gasteiger partial charge in [-0.05, 0) is 24.9 Å². The normalized spacial score (nSPS) is 20.8. The SMILES string of the molecule is CNC(Cn1ccnc1-c1cccs1)C1CCOC1. The third-order valence-electron chi connectivity index (χ3n) is 3.76. The van der Waals surface area contributed by atoms with Crippen molar-refractivity contribution in [3.05, 3.63) is 29.9 Å². The van der Waals surface area contributed by atoms with Gasteiger partial charge in [0.2, 0.25) is 0 Å². The smallest absolute Gasteiger partial charge is 0.150 e. The summed E-state index contributed by atoms with van der Waals surface area (Å²) in [5.41, 5.74) is 0. The highest BCUT2D eigenvalue weighted by molar-refractivity contribution is 7.13. The monoisotopic (exact) mass is 277 g/mol. The van der Waals surface area contributed by atoms with Gasteiger partial charge in [-0.3, -0.25) is 0 Å². The minimum absolute atomic E-state index is 0.440. The molecule has 2 aromatic heterocycles. The lowest BCUT2D eigenvalue weighted by Crippen LogP contribution is -2.37. The van der Waals surface area contributed by atoms with Gasteiger partial charge in [0.1, 0.15) is 5.82 Å². The van der Waals surface area contributed by atoms with Crippen molar-refractivity contribution in [3.63, 3.8) is 0 Å². The Hall–Kier alpha value is -1.17. The zero-order valence-corrected chi connectivity index (χ0v) is 11.9. The summed E-state index contributed by atoms with van der Waals surface area (Å²) in [4.78, 5) is 5.71. The largest absolute Gasteiger partial charge is 0.381 e. The first-order valence-corrected chi connectivity index (χ1v) is 7.56. The molecule has 2 aromatic rings. The van der Waals surface area contributed by atoms with Crippen molar-refractivity contribution in [2.24, 2.45) is 5.92 Å². The van der Waals surface area contributed by atoms with Crippen LogP contribution in [0.15, 0.2) is 29.9 Å². The van der Waals surface area contributed by atoms with E-state index in [4.69, 9.17) is 4.74 Å². The number of imidazole rings is 1. The van der Waals surface area contributed by atoms with E-state index in [1.807, 2.05) is 13.2 Å². The lowest BCUT2D eigenvalue weighted by Gasteiger charge is -2.23. The van der Waals surface area contributed by atoms with E-state index >= 15 is 0 Å². The predicted octanol–water partition coefficient (Wildman–Crippen LogP) is 2.24. The summed E-state index contributed by atoms with van der Waals surface area (Å²) in [5, 5.41) is 5.52. The Labute approximate surface area is 117 Å². The summed E-state index contributed by atoms with van der Waals surface area (Å²) in [5.74, 6) is 1.66. The summed E-state index contributed by atoms with van der Waals surface area (Å²) in [6.45, 7) is 2.71. The van der Waals surface area contributed by atoms with Gasteiger partial charge in [-0.2, -0.15) is 0 Å². The van der Waals surface area contributed by atoms with Crippen LogP contribution < -0.4 is 5.32 Å². The van der Waals surface area contributed by atoms with E-state index in [1.54, 1.807) is 11.3 Å². The van der Waals surface area contributed by atoms with Crippen molar-refractivity contribution in [3.8, 4) is 10.7 Å². The van der Waals surface area contributed by atoms with Crippen LogP contribution in [0, 0.1) is 5.92 Å². The van der Waals surface area contributed by atoms with Crippen LogP contribution in [0.25, 0.3) is 10.7 Å². The molecular formula is C14H19N3OS. The topological polar surface area (TPSA) is 39.1 Å². The number of nitrogens with one attached hydrogen (secondary N) is 1. The first-order chi connectivity index (χ1) is 9.38. The Bertz CT molecular complexity index is 503. The Morgan fingerprint density at radius 1 is 1.63 bits per heavy atom. The van der Waals surface area contributed by atoms with Crippen LogP contribution >= 0.6 is 11.3 Å². The summed E-state index contributed by atoms with van der Waals surface area (Å²) < 4.78 is 7.74. The molecular weight excluding hydrogens is 258 g/mol. The molecule has 2 atom stereocenters. The fraction of sp³-hybridized carbons (Fsp3) is 0.500. The summed E-state index contributed by atoms with van der Waals surface area (Å²) in [7, 11) is 2.03. The molecule has 1 fully saturated rings. The van der Waals surface area contributed by atoms with Crippen molar-refractivity contribution in [2.45, 2.75) is 19.0 Å². The van der Waals surface area contributed by atoms with Gasteiger partial charge >= 0.3 is 0 Å². The van der Waals surface area contributed by atoms with Gasteiger partial charge in [-0.25, -0.2) is 4.98 Å². The third kappa shape index (κ3) is 2.73. The quantitative estimate of drug-likeness (QED) is 0.911. The van der Waals surface area contributed by atoms with Crippen LogP contribution in [0.4, 0.5) is 0 Å². The highest BCUT2D eigenvalue weighted by Gasteiger charge is 2.25. The lowest BCUT2D eigenvalue weighted by atomic mass is 9.99. The second kappa shape index (κ2) is 5.86. The van der Waals surface area contributed by atoms with Gasteiger partial charge in [0, 0.05) is 37.5 Å². The van der Waals surface area contributed by atoms with Gasteiger partial charge in [-0.1, -0.05) is 6.07 Å². The van der Waals surface area contributed by atoms with E-state index < -0.39 is 0 Å². The maximum atomic E-state index is 5.50. The number of likely N-dealkylation sites (N-methyl/N-ethyl adjacent to an activating group) is 1. The van der Waals surface area contributed by atoms with E-state index in [0.717, 1.165) is 32.0 Å². The number of hydrogen-bond donors (Lipinski definition) is 1. The molecule has 19 heavy (non-hydrogen) atoms. The van der Waals surface area contributed by atoms with Crippen molar-refractivity contribution in [1.82, 2.24) is 14.9 Å². The van der Waals surface area contributed by atoms with Crippen LogP contribution in [0.2, 0.25) is 0 Å². The van der Waals surface area contributed by atoms with Gasteiger partial charge in [0.15, 0.2) is 0 Å². The number of nitrogens with zero attached hydrogens (tertiary/aromatic N) is 2. The van der Waals surface area contributed by atoms with Crippen molar-refractivity contribution in [2.75, 3.05) is 20.3 Å². The maximum Gasteiger partial charge on any atom is 0.150 e. The molecule has 4 nitrogen and oxygen atoms in total. The zero-order valence-electron chi connectivity index (χ0n) is 11.1. The summed E-state index contributed by atoms with van der Waals surface area (Å²) in [6.07, 6.45) is 5.09. The number of ether oxygens (including phenoxy) is 1. The summed E-state index contributed by atoms with van der Waals surface area (Å²) >= 11 is 1.73. The molecule has 1 saturated heterocycles. The Morgan fingerprint density at radius 3 is 3.26 bits per heavy atom. The van der Waals surface area contributed by atoms with Gasteiger partial charge in [0.25, 0.3) is 0 Å². The molecule has 3 rings (SSSR count). The molecule has 0 amide bonds. The highest BCUT2D eigenvalue weighted by atomic mass is 32.1. The number of hydrogen-bond acceptors (Lipinski definition) is 4. The molecule has 102 valence electrons. The van der Waals surface area contributed by atoms with Crippen molar-refractivity contribution in [1.29, 1.82) is 0 Å². The number of aromatic nitrogens is 2. The van der Waals surface area contributed by atoms with Crippen LogP contribution in [0.5, 0.6) is 0 Å². The minimum Gasteiger partial charge on any atom is -0.381 e. The molecule has 5 heteroatoms. The molecule has 0 bridgehead atoms. The molecule has 0 saturated carbocycles. The molecule has 1 aliphatic heterocycles. The van der Waals surface area contributed by atoms with E-state index in [-0.39, 0.29) is 0 Å². The van der Waals surface area contributed by atoms with Gasteiger partial charge in [-0.15, -0.1) is 11.3 Å². The van der Waals surface area contributed by atoms with Crippen LogP contribution in [0.3, 0.4) is 0 Å². The standard InChI is InChI=1S/C14H19N3OS/c1-15-12(11-4-7-18-10-11)9-17-6-5-16-14(17)13-3-2-8-19-13/h2-3,5-6,8,11-12,15H,4,7,9-10H2,1H3.